The first-order valence-electron chi connectivity index (χ1n) is 6.27. The van der Waals surface area contributed by atoms with Gasteiger partial charge in [0, 0.05) is 10.0 Å². The van der Waals surface area contributed by atoms with Gasteiger partial charge in [-0.1, -0.05) is 41.1 Å². The number of methoxy groups -OCH3 is 1. The summed E-state index contributed by atoms with van der Waals surface area (Å²) in [5.41, 5.74) is 2.30. The van der Waals surface area contributed by atoms with Crippen LogP contribution in [0.2, 0.25) is 0 Å². The Labute approximate surface area is 122 Å². The summed E-state index contributed by atoms with van der Waals surface area (Å²) in [7, 11) is 1.67. The molecule has 0 aliphatic carbocycles. The highest BCUT2D eigenvalue weighted by atomic mass is 79.9. The number of hydrogen-bond donors (Lipinski definition) is 0. The Kier molecular flexibility index (Phi) is 4.86. The van der Waals surface area contributed by atoms with Crippen molar-refractivity contribution < 1.29 is 9.47 Å². The van der Waals surface area contributed by atoms with Gasteiger partial charge in [0.15, 0.2) is 0 Å². The Hall–Kier alpha value is -1.48. The molecule has 0 N–H and O–H groups in total. The zero-order valence-electron chi connectivity index (χ0n) is 11.2. The molecular weight excluding hydrogens is 304 g/mol. The quantitative estimate of drug-likeness (QED) is 0.801. The molecule has 0 bridgehead atoms. The van der Waals surface area contributed by atoms with Crippen LogP contribution in [-0.2, 0) is 13.0 Å². The summed E-state index contributed by atoms with van der Waals surface area (Å²) in [5.74, 6) is 1.78. The van der Waals surface area contributed by atoms with Crippen LogP contribution in [0.4, 0.5) is 0 Å². The second-order valence-electron chi connectivity index (χ2n) is 4.21. The van der Waals surface area contributed by atoms with Gasteiger partial charge in [-0.25, -0.2) is 0 Å². The van der Waals surface area contributed by atoms with E-state index in [1.807, 2.05) is 36.4 Å². The Morgan fingerprint density at radius 2 is 1.84 bits per heavy atom. The number of rotatable bonds is 5. The summed E-state index contributed by atoms with van der Waals surface area (Å²) < 4.78 is 12.2. The van der Waals surface area contributed by atoms with E-state index in [0.29, 0.717) is 6.61 Å². The van der Waals surface area contributed by atoms with Crippen molar-refractivity contribution in [1.29, 1.82) is 0 Å². The summed E-state index contributed by atoms with van der Waals surface area (Å²) in [5, 5.41) is 0. The highest BCUT2D eigenvalue weighted by molar-refractivity contribution is 9.10. The molecule has 0 aromatic heterocycles. The van der Waals surface area contributed by atoms with Gasteiger partial charge >= 0.3 is 0 Å². The lowest BCUT2D eigenvalue weighted by atomic mass is 10.1. The van der Waals surface area contributed by atoms with Gasteiger partial charge in [-0.2, -0.15) is 0 Å². The molecule has 19 heavy (non-hydrogen) atoms. The van der Waals surface area contributed by atoms with E-state index in [1.165, 1.54) is 5.56 Å². The minimum absolute atomic E-state index is 0.523. The maximum Gasteiger partial charge on any atom is 0.122 e. The molecular formula is C16H17BrO2. The standard InChI is InChI=1S/C16H17BrO2/c1-3-12-6-4-5-7-16(12)19-11-13-10-14(18-2)8-9-15(13)17/h4-10H,3,11H2,1-2H3. The van der Waals surface area contributed by atoms with E-state index in [4.69, 9.17) is 9.47 Å². The van der Waals surface area contributed by atoms with Gasteiger partial charge in [0.05, 0.1) is 7.11 Å². The van der Waals surface area contributed by atoms with Crippen molar-refractivity contribution in [2.75, 3.05) is 7.11 Å². The lowest BCUT2D eigenvalue weighted by Gasteiger charge is -2.12. The summed E-state index contributed by atoms with van der Waals surface area (Å²) >= 11 is 3.53. The minimum atomic E-state index is 0.523. The molecule has 0 saturated heterocycles. The molecule has 2 rings (SSSR count). The Bertz CT molecular complexity index is 552. The van der Waals surface area contributed by atoms with Crippen LogP contribution in [0.1, 0.15) is 18.1 Å². The maximum atomic E-state index is 5.91. The number of halogens is 1. The summed E-state index contributed by atoms with van der Waals surface area (Å²) in [6, 6.07) is 14.0. The Morgan fingerprint density at radius 1 is 1.05 bits per heavy atom. The van der Waals surface area contributed by atoms with E-state index in [2.05, 4.69) is 28.9 Å². The fourth-order valence-electron chi connectivity index (χ4n) is 1.88. The molecule has 0 atom stereocenters. The summed E-state index contributed by atoms with van der Waals surface area (Å²) in [4.78, 5) is 0. The zero-order chi connectivity index (χ0) is 13.7. The van der Waals surface area contributed by atoms with Gasteiger partial charge < -0.3 is 9.47 Å². The minimum Gasteiger partial charge on any atom is -0.497 e. The molecule has 2 aromatic carbocycles. The van der Waals surface area contributed by atoms with Crippen molar-refractivity contribution in [2.45, 2.75) is 20.0 Å². The molecule has 0 spiro atoms. The van der Waals surface area contributed by atoms with Crippen LogP contribution in [0.5, 0.6) is 11.5 Å². The van der Waals surface area contributed by atoms with Crippen LogP contribution >= 0.6 is 15.9 Å². The largest absolute Gasteiger partial charge is 0.497 e. The molecule has 0 aliphatic heterocycles. The molecule has 0 unspecified atom stereocenters. The fraction of sp³-hybridized carbons (Fsp3) is 0.250. The first-order chi connectivity index (χ1) is 9.24. The van der Waals surface area contributed by atoms with Crippen molar-refractivity contribution in [2.24, 2.45) is 0 Å². The van der Waals surface area contributed by atoms with E-state index < -0.39 is 0 Å². The Balaban J connectivity index is 2.14. The van der Waals surface area contributed by atoms with Gasteiger partial charge in [-0.05, 0) is 36.2 Å². The van der Waals surface area contributed by atoms with Gasteiger partial charge in [-0.3, -0.25) is 0 Å². The summed E-state index contributed by atoms with van der Waals surface area (Å²) in [6.45, 7) is 2.65. The van der Waals surface area contributed by atoms with Crippen molar-refractivity contribution >= 4 is 15.9 Å². The first kappa shape index (κ1) is 13.9. The maximum absolute atomic E-state index is 5.91. The van der Waals surface area contributed by atoms with Crippen molar-refractivity contribution in [1.82, 2.24) is 0 Å². The molecule has 100 valence electrons. The zero-order valence-corrected chi connectivity index (χ0v) is 12.7. The molecule has 0 aliphatic rings. The number of ether oxygens (including phenoxy) is 2. The van der Waals surface area contributed by atoms with Crippen molar-refractivity contribution in [3.8, 4) is 11.5 Å². The number of hydrogen-bond acceptors (Lipinski definition) is 2. The third kappa shape index (κ3) is 3.51. The first-order valence-corrected chi connectivity index (χ1v) is 7.07. The lowest BCUT2D eigenvalue weighted by molar-refractivity contribution is 0.301. The Morgan fingerprint density at radius 3 is 2.58 bits per heavy atom. The predicted molar refractivity (Wildman–Crippen MR) is 80.8 cm³/mol. The van der Waals surface area contributed by atoms with E-state index >= 15 is 0 Å². The molecule has 0 amide bonds. The molecule has 3 heteroatoms. The number of aryl methyl sites for hydroxylation is 1. The van der Waals surface area contributed by atoms with Gasteiger partial charge in [-0.15, -0.1) is 0 Å². The van der Waals surface area contributed by atoms with E-state index in [-0.39, 0.29) is 0 Å². The smallest absolute Gasteiger partial charge is 0.122 e. The second kappa shape index (κ2) is 6.62. The highest BCUT2D eigenvalue weighted by Gasteiger charge is 2.05. The topological polar surface area (TPSA) is 18.5 Å². The molecule has 2 aromatic rings. The number of para-hydroxylation sites is 1. The molecule has 0 radical (unpaired) electrons. The van der Waals surface area contributed by atoms with Crippen LogP contribution < -0.4 is 9.47 Å². The third-order valence-corrected chi connectivity index (χ3v) is 3.76. The van der Waals surface area contributed by atoms with Crippen molar-refractivity contribution in [3.05, 3.63) is 58.1 Å². The molecule has 0 saturated carbocycles. The van der Waals surface area contributed by atoms with Crippen LogP contribution in [-0.4, -0.2) is 7.11 Å². The molecule has 0 fully saturated rings. The van der Waals surface area contributed by atoms with E-state index in [1.54, 1.807) is 7.11 Å². The lowest BCUT2D eigenvalue weighted by Crippen LogP contribution is -1.99. The average molecular weight is 321 g/mol. The predicted octanol–water partition coefficient (Wildman–Crippen LogP) is 4.60. The SMILES string of the molecule is CCc1ccccc1OCc1cc(OC)ccc1Br. The fourth-order valence-corrected chi connectivity index (χ4v) is 2.24. The average Bonchev–Trinajstić information content (AvgIpc) is 2.46. The van der Waals surface area contributed by atoms with Crippen molar-refractivity contribution in [3.63, 3.8) is 0 Å². The van der Waals surface area contributed by atoms with Crippen LogP contribution in [0, 0.1) is 0 Å². The normalized spacial score (nSPS) is 10.3. The second-order valence-corrected chi connectivity index (χ2v) is 5.06. The van der Waals surface area contributed by atoms with Crippen LogP contribution in [0.15, 0.2) is 46.9 Å². The van der Waals surface area contributed by atoms with Gasteiger partial charge in [0.1, 0.15) is 18.1 Å². The van der Waals surface area contributed by atoms with Crippen LogP contribution in [0.25, 0.3) is 0 Å². The molecule has 0 heterocycles. The monoisotopic (exact) mass is 320 g/mol. The summed E-state index contributed by atoms with van der Waals surface area (Å²) in [6.07, 6.45) is 0.968. The van der Waals surface area contributed by atoms with Gasteiger partial charge in [0.2, 0.25) is 0 Å². The van der Waals surface area contributed by atoms with E-state index in [9.17, 15) is 0 Å². The third-order valence-electron chi connectivity index (χ3n) is 2.99. The van der Waals surface area contributed by atoms with E-state index in [0.717, 1.165) is 28.0 Å². The highest BCUT2D eigenvalue weighted by Crippen LogP contribution is 2.25. The number of benzene rings is 2. The molecule has 2 nitrogen and oxygen atoms in total. The van der Waals surface area contributed by atoms with Gasteiger partial charge in [0.25, 0.3) is 0 Å². The van der Waals surface area contributed by atoms with Crippen LogP contribution in [0.3, 0.4) is 0 Å².